The summed E-state index contributed by atoms with van der Waals surface area (Å²) in [6, 6.07) is 0. The molecule has 4 nitrogen and oxygen atoms in total. The van der Waals surface area contributed by atoms with Gasteiger partial charge >= 0.3 is 0 Å². The summed E-state index contributed by atoms with van der Waals surface area (Å²) < 4.78 is 26.2. The molecule has 0 saturated heterocycles. The highest BCUT2D eigenvalue weighted by Gasteiger charge is 2.64. The largest absolute Gasteiger partial charge is 0.320 e. The fourth-order valence-electron chi connectivity index (χ4n) is 2.56. The van der Waals surface area contributed by atoms with Crippen molar-refractivity contribution in [3.8, 4) is 0 Å². The van der Waals surface area contributed by atoms with E-state index < -0.39 is 10.0 Å². The summed E-state index contributed by atoms with van der Waals surface area (Å²) in [5.41, 5.74) is 0.473. The van der Waals surface area contributed by atoms with Crippen LogP contribution in [-0.2, 0) is 10.0 Å². The van der Waals surface area contributed by atoms with Crippen molar-refractivity contribution in [3.05, 3.63) is 0 Å². The van der Waals surface area contributed by atoms with Crippen LogP contribution < -0.4 is 10.0 Å². The van der Waals surface area contributed by atoms with E-state index in [2.05, 4.69) is 37.7 Å². The SMILES string of the molecule is CNCCCS(=O)(=O)NCC1C(C)(C)C1(C)C. The molecule has 1 rings (SSSR count). The Labute approximate surface area is 106 Å². The average Bonchev–Trinajstić information content (AvgIpc) is 2.55. The second kappa shape index (κ2) is 4.86. The minimum atomic E-state index is -3.10. The maximum Gasteiger partial charge on any atom is 0.211 e. The Morgan fingerprint density at radius 1 is 1.12 bits per heavy atom. The van der Waals surface area contributed by atoms with Crippen molar-refractivity contribution >= 4 is 10.0 Å². The number of nitrogens with one attached hydrogen (secondary N) is 2. The van der Waals surface area contributed by atoms with Gasteiger partial charge in [-0.2, -0.15) is 0 Å². The summed E-state index contributed by atoms with van der Waals surface area (Å²) >= 11 is 0. The van der Waals surface area contributed by atoms with E-state index in [-0.39, 0.29) is 16.6 Å². The van der Waals surface area contributed by atoms with Crippen LogP contribution in [0, 0.1) is 16.7 Å². The second-order valence-corrected chi connectivity index (χ2v) is 8.05. The maximum absolute atomic E-state index is 11.7. The lowest BCUT2D eigenvalue weighted by Gasteiger charge is -2.07. The van der Waals surface area contributed by atoms with E-state index in [9.17, 15) is 8.42 Å². The molecule has 0 atom stereocenters. The van der Waals surface area contributed by atoms with E-state index in [4.69, 9.17) is 0 Å². The second-order valence-electron chi connectivity index (χ2n) is 6.12. The molecule has 0 spiro atoms. The van der Waals surface area contributed by atoms with Gasteiger partial charge in [0.05, 0.1) is 5.75 Å². The van der Waals surface area contributed by atoms with Crippen LogP contribution >= 0.6 is 0 Å². The molecule has 1 fully saturated rings. The molecule has 0 amide bonds. The molecule has 0 heterocycles. The molecule has 1 saturated carbocycles. The van der Waals surface area contributed by atoms with E-state index in [1.807, 2.05) is 7.05 Å². The average molecular weight is 262 g/mol. The summed E-state index contributed by atoms with van der Waals surface area (Å²) in [5, 5.41) is 2.95. The van der Waals surface area contributed by atoms with Gasteiger partial charge in [-0.05, 0) is 36.8 Å². The first-order valence-corrected chi connectivity index (χ1v) is 7.92. The van der Waals surface area contributed by atoms with Crippen molar-refractivity contribution in [2.24, 2.45) is 16.7 Å². The predicted molar refractivity (Wildman–Crippen MR) is 71.4 cm³/mol. The van der Waals surface area contributed by atoms with Crippen LogP contribution in [0.3, 0.4) is 0 Å². The van der Waals surface area contributed by atoms with Crippen LogP contribution in [-0.4, -0.2) is 34.3 Å². The van der Waals surface area contributed by atoms with Gasteiger partial charge in [0.25, 0.3) is 0 Å². The quantitative estimate of drug-likeness (QED) is 0.678. The van der Waals surface area contributed by atoms with Gasteiger partial charge in [0.15, 0.2) is 0 Å². The van der Waals surface area contributed by atoms with Gasteiger partial charge < -0.3 is 5.32 Å². The molecule has 1 aliphatic rings. The maximum atomic E-state index is 11.7. The molecule has 0 aliphatic heterocycles. The highest BCUT2D eigenvalue weighted by Crippen LogP contribution is 2.67. The van der Waals surface area contributed by atoms with Gasteiger partial charge in [0.1, 0.15) is 0 Å². The summed E-state index contributed by atoms with van der Waals surface area (Å²) in [6.07, 6.45) is 0.656. The Kier molecular flexibility index (Phi) is 4.27. The molecule has 0 aromatic rings. The summed E-state index contributed by atoms with van der Waals surface area (Å²) in [6.45, 7) is 10.1. The van der Waals surface area contributed by atoms with Crippen molar-refractivity contribution in [2.75, 3.05) is 25.9 Å². The molecular weight excluding hydrogens is 236 g/mol. The Morgan fingerprint density at radius 3 is 2.06 bits per heavy atom. The molecule has 0 aromatic heterocycles. The van der Waals surface area contributed by atoms with Crippen LogP contribution in [0.5, 0.6) is 0 Å². The zero-order valence-electron chi connectivity index (χ0n) is 11.6. The lowest BCUT2D eigenvalue weighted by Crippen LogP contribution is -2.30. The molecule has 0 bridgehead atoms. The van der Waals surface area contributed by atoms with Crippen LogP contribution in [0.4, 0.5) is 0 Å². The fraction of sp³-hybridized carbons (Fsp3) is 1.00. The highest BCUT2D eigenvalue weighted by atomic mass is 32.2. The molecule has 1 aliphatic carbocycles. The summed E-state index contributed by atoms with van der Waals surface area (Å²) in [4.78, 5) is 0. The first-order valence-electron chi connectivity index (χ1n) is 6.27. The van der Waals surface area contributed by atoms with Gasteiger partial charge in [0.2, 0.25) is 10.0 Å². The normalized spacial score (nSPS) is 22.6. The van der Waals surface area contributed by atoms with Crippen LogP contribution in [0.1, 0.15) is 34.1 Å². The zero-order valence-corrected chi connectivity index (χ0v) is 12.4. The Hall–Kier alpha value is -0.130. The topological polar surface area (TPSA) is 58.2 Å². The third-order valence-electron chi connectivity index (χ3n) is 4.67. The standard InChI is InChI=1S/C12H26N2O2S/c1-11(2)10(12(11,3)4)9-14-17(15,16)8-6-7-13-5/h10,13-14H,6-9H2,1-5H3. The van der Waals surface area contributed by atoms with Gasteiger partial charge in [0, 0.05) is 6.54 Å². The minimum absolute atomic E-state index is 0.210. The van der Waals surface area contributed by atoms with Crippen molar-refractivity contribution in [2.45, 2.75) is 34.1 Å². The molecule has 0 aromatic carbocycles. The number of hydrogen-bond donors (Lipinski definition) is 2. The molecule has 102 valence electrons. The summed E-state index contributed by atoms with van der Waals surface area (Å²) in [5.74, 6) is 0.649. The molecule has 17 heavy (non-hydrogen) atoms. The van der Waals surface area contributed by atoms with Gasteiger partial charge in [-0.15, -0.1) is 0 Å². The third-order valence-corrected chi connectivity index (χ3v) is 6.10. The number of rotatable bonds is 7. The van der Waals surface area contributed by atoms with Crippen LogP contribution in [0.2, 0.25) is 0 Å². The van der Waals surface area contributed by atoms with E-state index >= 15 is 0 Å². The van der Waals surface area contributed by atoms with E-state index in [1.54, 1.807) is 0 Å². The van der Waals surface area contributed by atoms with Gasteiger partial charge in [-0.3, -0.25) is 0 Å². The minimum Gasteiger partial charge on any atom is -0.320 e. The van der Waals surface area contributed by atoms with E-state index in [1.165, 1.54) is 0 Å². The molecule has 5 heteroatoms. The van der Waals surface area contributed by atoms with Gasteiger partial charge in [-0.1, -0.05) is 27.7 Å². The van der Waals surface area contributed by atoms with Crippen LogP contribution in [0.25, 0.3) is 0 Å². The first-order chi connectivity index (χ1) is 7.65. The fourth-order valence-corrected chi connectivity index (χ4v) is 3.65. The number of hydrogen-bond acceptors (Lipinski definition) is 3. The molecule has 2 N–H and O–H groups in total. The lowest BCUT2D eigenvalue weighted by atomic mass is 10.0. The smallest absolute Gasteiger partial charge is 0.211 e. The summed E-state index contributed by atoms with van der Waals surface area (Å²) in [7, 11) is -1.27. The van der Waals surface area contributed by atoms with Crippen LogP contribution in [0.15, 0.2) is 0 Å². The predicted octanol–water partition coefficient (Wildman–Crippen LogP) is 1.20. The van der Waals surface area contributed by atoms with Crippen molar-refractivity contribution < 1.29 is 8.42 Å². The first kappa shape index (κ1) is 14.9. The molecular formula is C12H26N2O2S. The van der Waals surface area contributed by atoms with Gasteiger partial charge in [-0.25, -0.2) is 13.1 Å². The molecule has 0 radical (unpaired) electrons. The highest BCUT2D eigenvalue weighted by molar-refractivity contribution is 7.89. The Morgan fingerprint density at radius 2 is 1.65 bits per heavy atom. The monoisotopic (exact) mass is 262 g/mol. The molecule has 0 unspecified atom stereocenters. The Bertz CT molecular complexity index is 347. The van der Waals surface area contributed by atoms with Crippen molar-refractivity contribution in [1.82, 2.24) is 10.0 Å². The van der Waals surface area contributed by atoms with Crippen molar-refractivity contribution in [3.63, 3.8) is 0 Å². The van der Waals surface area contributed by atoms with E-state index in [0.717, 1.165) is 6.54 Å². The lowest BCUT2D eigenvalue weighted by molar-refractivity contribution is 0.457. The zero-order chi connectivity index (χ0) is 13.3. The van der Waals surface area contributed by atoms with E-state index in [0.29, 0.717) is 18.9 Å². The number of sulfonamides is 1. The van der Waals surface area contributed by atoms with Crippen molar-refractivity contribution in [1.29, 1.82) is 0 Å². The third kappa shape index (κ3) is 3.20. The Balaban J connectivity index is 2.37.